The minimum Gasteiger partial charge on any atom is -0.462 e. The van der Waals surface area contributed by atoms with Crippen molar-refractivity contribution in [2.45, 2.75) is 258 Å². The molecule has 1 unspecified atom stereocenters. The number of allylic oxidation sites excluding steroid dienone is 21. The molecule has 0 amide bonds. The molecule has 0 aromatic carbocycles. The van der Waals surface area contributed by atoms with Gasteiger partial charge < -0.3 is 14.2 Å². The van der Waals surface area contributed by atoms with Crippen LogP contribution in [0.5, 0.6) is 0 Å². The number of hydrogen-bond acceptors (Lipinski definition) is 6. The fourth-order valence-corrected chi connectivity index (χ4v) is 7.82. The molecule has 6 heteroatoms. The average molecular weight is 1010 g/mol. The first-order chi connectivity index (χ1) is 36.0. The van der Waals surface area contributed by atoms with Gasteiger partial charge in [-0.1, -0.05) is 270 Å². The summed E-state index contributed by atoms with van der Waals surface area (Å²) in [5.74, 6) is -1.06. The summed E-state index contributed by atoms with van der Waals surface area (Å²) in [5.41, 5.74) is 0. The van der Waals surface area contributed by atoms with E-state index in [0.29, 0.717) is 12.8 Å². The summed E-state index contributed by atoms with van der Waals surface area (Å²) in [6, 6.07) is 0. The second-order valence-corrected chi connectivity index (χ2v) is 19.2. The lowest BCUT2D eigenvalue weighted by Crippen LogP contribution is -2.30. The Hall–Kier alpha value is -4.45. The Morgan fingerprint density at radius 2 is 0.575 bits per heavy atom. The highest BCUT2D eigenvalue weighted by atomic mass is 16.6. The van der Waals surface area contributed by atoms with E-state index in [1.807, 2.05) is 6.08 Å². The molecule has 0 aliphatic carbocycles. The van der Waals surface area contributed by atoms with E-state index in [9.17, 15) is 14.4 Å². The lowest BCUT2D eigenvalue weighted by Gasteiger charge is -2.18. The van der Waals surface area contributed by atoms with Crippen LogP contribution >= 0.6 is 0 Å². The summed E-state index contributed by atoms with van der Waals surface area (Å²) in [6.07, 6.45) is 84.9. The molecule has 6 nitrogen and oxygen atoms in total. The molecule has 0 N–H and O–H groups in total. The third-order valence-corrected chi connectivity index (χ3v) is 12.2. The number of unbranched alkanes of at least 4 members (excludes halogenated alkanes) is 20. The van der Waals surface area contributed by atoms with Gasteiger partial charge in [0.2, 0.25) is 0 Å². The number of ether oxygens (including phenoxy) is 3. The van der Waals surface area contributed by atoms with E-state index in [4.69, 9.17) is 14.2 Å². The van der Waals surface area contributed by atoms with Gasteiger partial charge in [0.1, 0.15) is 13.2 Å². The van der Waals surface area contributed by atoms with Gasteiger partial charge in [0.15, 0.2) is 6.10 Å². The van der Waals surface area contributed by atoms with Crippen molar-refractivity contribution in [3.05, 3.63) is 134 Å². The minimum absolute atomic E-state index is 0.0939. The van der Waals surface area contributed by atoms with Crippen LogP contribution < -0.4 is 0 Å². The number of carbonyl (C=O) groups excluding carboxylic acids is 3. The van der Waals surface area contributed by atoms with Gasteiger partial charge in [0.05, 0.1) is 6.42 Å². The molecule has 412 valence electrons. The number of carbonyl (C=O) groups is 3. The van der Waals surface area contributed by atoms with E-state index in [1.54, 1.807) is 6.08 Å². The van der Waals surface area contributed by atoms with E-state index in [-0.39, 0.29) is 31.6 Å². The molecule has 0 aliphatic heterocycles. The van der Waals surface area contributed by atoms with Crippen LogP contribution in [0.2, 0.25) is 0 Å². The van der Waals surface area contributed by atoms with Crippen LogP contribution in [0.4, 0.5) is 0 Å². The Morgan fingerprint density at radius 1 is 0.301 bits per heavy atom. The van der Waals surface area contributed by atoms with Crippen molar-refractivity contribution in [3.63, 3.8) is 0 Å². The van der Waals surface area contributed by atoms with Crippen molar-refractivity contribution >= 4 is 17.9 Å². The number of esters is 3. The molecule has 0 heterocycles. The molecule has 0 saturated carbocycles. The van der Waals surface area contributed by atoms with Gasteiger partial charge in [0, 0.05) is 12.8 Å². The normalized spacial score (nSPS) is 13.1. The first-order valence-corrected chi connectivity index (χ1v) is 29.7. The second-order valence-electron chi connectivity index (χ2n) is 19.2. The molecule has 73 heavy (non-hydrogen) atoms. The van der Waals surface area contributed by atoms with Crippen molar-refractivity contribution in [2.24, 2.45) is 0 Å². The Labute approximate surface area is 449 Å². The van der Waals surface area contributed by atoms with Crippen molar-refractivity contribution in [1.29, 1.82) is 0 Å². The van der Waals surface area contributed by atoms with E-state index >= 15 is 0 Å². The Bertz CT molecular complexity index is 1580. The van der Waals surface area contributed by atoms with Crippen LogP contribution in [0.3, 0.4) is 0 Å². The predicted molar refractivity (Wildman–Crippen MR) is 316 cm³/mol. The highest BCUT2D eigenvalue weighted by molar-refractivity contribution is 5.72. The highest BCUT2D eigenvalue weighted by Crippen LogP contribution is 2.15. The standard InChI is InChI=1S/C67H108O6/c1-4-7-10-13-16-19-21-23-25-26-27-28-29-30-31-32-33-34-35-36-37-38-39-40-42-43-45-48-51-54-57-60-66(69)72-63-64(62-71-65(68)59-56-53-50-47-18-15-12-9-6-3)73-67(70)61-58-55-52-49-46-44-41-24-22-20-17-14-11-8-5-2/h7-8,10-11,16-17,19-20,23-25,27-28,30-31,33-34,41,46,49,55,58,64H,4-6,9,12-15,18,21-22,26,29,32,35-40,42-45,47-48,50-54,56-57,59-63H2,1-3H3/b10-7-,11-8-,19-16-,20-17-,25-23-,28-27-,31-30-,34-33-,41-24-,49-46-,58-55-. The molecular formula is C67H108O6. The highest BCUT2D eigenvalue weighted by Gasteiger charge is 2.19. The minimum atomic E-state index is -0.834. The number of rotatable bonds is 52. The van der Waals surface area contributed by atoms with Crippen LogP contribution in [-0.4, -0.2) is 37.2 Å². The molecule has 0 bridgehead atoms. The fraction of sp³-hybridized carbons (Fsp3) is 0.627. The summed E-state index contributed by atoms with van der Waals surface area (Å²) < 4.78 is 16.7. The summed E-state index contributed by atoms with van der Waals surface area (Å²) in [7, 11) is 0. The Morgan fingerprint density at radius 3 is 0.904 bits per heavy atom. The SMILES string of the molecule is CC/C=C\C/C=C\C/C=C\C/C=C\C/C=C\C/C=C\CCCCCCCCCCCCCCC(=O)OCC(COC(=O)CCCCCCCCCCC)OC(=O)C/C=C\C/C=C\C/C=C\C/C=C\C/C=C\CC. The zero-order valence-corrected chi connectivity index (χ0v) is 47.1. The maximum atomic E-state index is 12.8. The topological polar surface area (TPSA) is 78.9 Å². The Kier molecular flexibility index (Phi) is 56.4. The van der Waals surface area contributed by atoms with E-state index < -0.39 is 12.1 Å². The first-order valence-electron chi connectivity index (χ1n) is 29.7. The Balaban J connectivity index is 4.23. The third kappa shape index (κ3) is 58.3. The van der Waals surface area contributed by atoms with E-state index in [1.165, 1.54) is 103 Å². The summed E-state index contributed by atoms with van der Waals surface area (Å²) in [6.45, 7) is 6.30. The smallest absolute Gasteiger partial charge is 0.310 e. The van der Waals surface area contributed by atoms with Crippen LogP contribution in [-0.2, 0) is 28.6 Å². The van der Waals surface area contributed by atoms with Crippen LogP contribution in [0.15, 0.2) is 134 Å². The molecule has 0 aromatic rings. The summed E-state index contributed by atoms with van der Waals surface area (Å²) >= 11 is 0. The van der Waals surface area contributed by atoms with Crippen molar-refractivity contribution in [3.8, 4) is 0 Å². The van der Waals surface area contributed by atoms with Crippen LogP contribution in [0, 0.1) is 0 Å². The quantitative estimate of drug-likeness (QED) is 0.0261. The molecule has 0 aliphatic rings. The largest absolute Gasteiger partial charge is 0.462 e. The fourth-order valence-electron chi connectivity index (χ4n) is 7.82. The average Bonchev–Trinajstić information content (AvgIpc) is 3.39. The molecular weight excluding hydrogens is 901 g/mol. The molecule has 0 rings (SSSR count). The summed E-state index contributed by atoms with van der Waals surface area (Å²) in [5, 5.41) is 0. The zero-order valence-electron chi connectivity index (χ0n) is 47.1. The van der Waals surface area contributed by atoms with Crippen molar-refractivity contribution in [2.75, 3.05) is 13.2 Å². The monoisotopic (exact) mass is 1010 g/mol. The second kappa shape index (κ2) is 60.1. The maximum Gasteiger partial charge on any atom is 0.310 e. The van der Waals surface area contributed by atoms with Crippen LogP contribution in [0.1, 0.15) is 252 Å². The van der Waals surface area contributed by atoms with Crippen molar-refractivity contribution < 1.29 is 28.6 Å². The van der Waals surface area contributed by atoms with Crippen molar-refractivity contribution in [1.82, 2.24) is 0 Å². The molecule has 0 saturated heterocycles. The first kappa shape index (κ1) is 68.6. The molecule has 0 radical (unpaired) electrons. The molecule has 1 atom stereocenters. The van der Waals surface area contributed by atoms with Gasteiger partial charge in [-0.05, 0) is 96.3 Å². The molecule has 0 fully saturated rings. The van der Waals surface area contributed by atoms with Gasteiger partial charge in [-0.15, -0.1) is 0 Å². The van der Waals surface area contributed by atoms with E-state index in [2.05, 4.69) is 142 Å². The third-order valence-electron chi connectivity index (χ3n) is 12.2. The molecule has 0 aromatic heterocycles. The van der Waals surface area contributed by atoms with E-state index in [0.717, 1.165) is 109 Å². The van der Waals surface area contributed by atoms with Gasteiger partial charge >= 0.3 is 17.9 Å². The summed E-state index contributed by atoms with van der Waals surface area (Å²) in [4.78, 5) is 38.0. The van der Waals surface area contributed by atoms with Gasteiger partial charge in [-0.3, -0.25) is 14.4 Å². The van der Waals surface area contributed by atoms with Gasteiger partial charge in [0.25, 0.3) is 0 Å². The van der Waals surface area contributed by atoms with Gasteiger partial charge in [-0.25, -0.2) is 0 Å². The lowest BCUT2D eigenvalue weighted by molar-refractivity contribution is -0.166. The zero-order chi connectivity index (χ0) is 52.9. The van der Waals surface area contributed by atoms with Crippen LogP contribution in [0.25, 0.3) is 0 Å². The van der Waals surface area contributed by atoms with Gasteiger partial charge in [-0.2, -0.15) is 0 Å². The lowest BCUT2D eigenvalue weighted by atomic mass is 10.0. The number of hydrogen-bond donors (Lipinski definition) is 0. The molecule has 0 spiro atoms. The predicted octanol–water partition coefficient (Wildman–Crippen LogP) is 20.2. The maximum absolute atomic E-state index is 12.8.